The standard InChI is InChI=1S/C26H25F4N3O/c1-2-23(34)19-6-3-5-17(15-19)8-13-21-24(27)25(32-16-31-21)33-14-4-7-22(33)18-9-11-20(12-10-18)26(28,29)30/h3,5-6,9-12,15-16,22H,2,4,7-8,13-14H2,1H3. The van der Waals surface area contributed by atoms with Crippen LogP contribution in [0.1, 0.15) is 65.0 Å². The fraction of sp³-hybridized carbons (Fsp3) is 0.346. The molecule has 1 aliphatic heterocycles. The van der Waals surface area contributed by atoms with Crippen LogP contribution in [0, 0.1) is 5.82 Å². The van der Waals surface area contributed by atoms with Gasteiger partial charge in [0.15, 0.2) is 17.4 Å². The summed E-state index contributed by atoms with van der Waals surface area (Å²) in [6.07, 6.45) is -0.323. The van der Waals surface area contributed by atoms with Crippen molar-refractivity contribution in [2.75, 3.05) is 11.4 Å². The zero-order valence-corrected chi connectivity index (χ0v) is 18.8. The molecule has 4 rings (SSSR count). The number of halogens is 4. The number of hydrogen-bond acceptors (Lipinski definition) is 4. The number of alkyl halides is 3. The van der Waals surface area contributed by atoms with Crippen molar-refractivity contribution >= 4 is 11.6 Å². The Labute approximate surface area is 195 Å². The molecule has 3 aromatic rings. The molecule has 8 heteroatoms. The van der Waals surface area contributed by atoms with E-state index in [1.807, 2.05) is 30.0 Å². The second kappa shape index (κ2) is 9.91. The largest absolute Gasteiger partial charge is 0.416 e. The van der Waals surface area contributed by atoms with Crippen LogP contribution in [0.2, 0.25) is 0 Å². The molecule has 1 saturated heterocycles. The van der Waals surface area contributed by atoms with Crippen LogP contribution in [-0.4, -0.2) is 22.3 Å². The van der Waals surface area contributed by atoms with Crippen molar-refractivity contribution in [3.63, 3.8) is 0 Å². The van der Waals surface area contributed by atoms with Gasteiger partial charge >= 0.3 is 6.18 Å². The lowest BCUT2D eigenvalue weighted by Gasteiger charge is -2.27. The van der Waals surface area contributed by atoms with Crippen LogP contribution in [0.25, 0.3) is 0 Å². The Morgan fingerprint density at radius 3 is 2.56 bits per heavy atom. The summed E-state index contributed by atoms with van der Waals surface area (Å²) in [6, 6.07) is 12.1. The van der Waals surface area contributed by atoms with Crippen molar-refractivity contribution < 1.29 is 22.4 Å². The Hall–Kier alpha value is -3.29. The molecular weight excluding hydrogens is 446 g/mol. The van der Waals surface area contributed by atoms with Crippen molar-refractivity contribution in [1.29, 1.82) is 0 Å². The SMILES string of the molecule is CCC(=O)c1cccc(CCc2ncnc(N3CCCC3c3ccc(C(F)(F)F)cc3)c2F)c1. The zero-order chi connectivity index (χ0) is 24.3. The van der Waals surface area contributed by atoms with Crippen LogP contribution in [0.4, 0.5) is 23.4 Å². The molecule has 2 aromatic carbocycles. The molecule has 4 nitrogen and oxygen atoms in total. The lowest BCUT2D eigenvalue weighted by molar-refractivity contribution is -0.137. The van der Waals surface area contributed by atoms with Gasteiger partial charge in [0, 0.05) is 18.5 Å². The maximum atomic E-state index is 15.4. The van der Waals surface area contributed by atoms with E-state index in [1.165, 1.54) is 18.5 Å². The number of Topliss-reactive ketones (excluding diaryl/α,β-unsaturated/α-hetero) is 1. The predicted molar refractivity (Wildman–Crippen MR) is 121 cm³/mol. The van der Waals surface area contributed by atoms with Gasteiger partial charge in [-0.05, 0) is 55.0 Å². The van der Waals surface area contributed by atoms with E-state index in [0.29, 0.717) is 43.4 Å². The van der Waals surface area contributed by atoms with Gasteiger partial charge < -0.3 is 4.90 Å². The molecule has 0 saturated carbocycles. The van der Waals surface area contributed by atoms with E-state index in [0.717, 1.165) is 24.1 Å². The van der Waals surface area contributed by atoms with E-state index in [-0.39, 0.29) is 23.3 Å². The number of rotatable bonds is 7. The minimum atomic E-state index is -4.40. The van der Waals surface area contributed by atoms with Crippen LogP contribution >= 0.6 is 0 Å². The quantitative estimate of drug-likeness (QED) is 0.297. The minimum Gasteiger partial charge on any atom is -0.347 e. The van der Waals surface area contributed by atoms with Crippen molar-refractivity contribution in [1.82, 2.24) is 9.97 Å². The van der Waals surface area contributed by atoms with Crippen molar-refractivity contribution in [3.8, 4) is 0 Å². The summed E-state index contributed by atoms with van der Waals surface area (Å²) in [4.78, 5) is 22.1. The van der Waals surface area contributed by atoms with Gasteiger partial charge in [-0.15, -0.1) is 0 Å². The number of hydrogen-bond donors (Lipinski definition) is 0. The van der Waals surface area contributed by atoms with Crippen LogP contribution in [0.15, 0.2) is 54.9 Å². The molecule has 2 heterocycles. The highest BCUT2D eigenvalue weighted by molar-refractivity contribution is 5.95. The summed E-state index contributed by atoms with van der Waals surface area (Å²) in [7, 11) is 0. The third-order valence-corrected chi connectivity index (χ3v) is 6.21. The highest BCUT2D eigenvalue weighted by atomic mass is 19.4. The number of ketones is 1. The number of carbonyl (C=O) groups is 1. The molecule has 0 spiro atoms. The summed E-state index contributed by atoms with van der Waals surface area (Å²) in [5.74, 6) is -0.287. The van der Waals surface area contributed by atoms with Crippen molar-refractivity contribution in [2.24, 2.45) is 0 Å². The van der Waals surface area contributed by atoms with Gasteiger partial charge in [0.1, 0.15) is 6.33 Å². The number of nitrogens with zero attached hydrogens (tertiary/aromatic N) is 3. The number of benzene rings is 2. The molecule has 34 heavy (non-hydrogen) atoms. The first-order valence-electron chi connectivity index (χ1n) is 11.3. The fourth-order valence-corrected chi connectivity index (χ4v) is 4.40. The van der Waals surface area contributed by atoms with Crippen LogP contribution in [-0.2, 0) is 19.0 Å². The van der Waals surface area contributed by atoms with Gasteiger partial charge in [0.25, 0.3) is 0 Å². The topological polar surface area (TPSA) is 46.1 Å². The third-order valence-electron chi connectivity index (χ3n) is 6.21. The molecule has 0 radical (unpaired) electrons. The first-order valence-corrected chi connectivity index (χ1v) is 11.3. The van der Waals surface area contributed by atoms with E-state index in [2.05, 4.69) is 9.97 Å². The zero-order valence-electron chi connectivity index (χ0n) is 18.8. The molecule has 1 fully saturated rings. The van der Waals surface area contributed by atoms with Crippen LogP contribution in [0.5, 0.6) is 0 Å². The Kier molecular flexibility index (Phi) is 6.95. The summed E-state index contributed by atoms with van der Waals surface area (Å²) in [6.45, 7) is 2.36. The second-order valence-electron chi connectivity index (χ2n) is 8.41. The fourth-order valence-electron chi connectivity index (χ4n) is 4.40. The van der Waals surface area contributed by atoms with E-state index in [4.69, 9.17) is 0 Å². The highest BCUT2D eigenvalue weighted by Gasteiger charge is 2.33. The normalized spacial score (nSPS) is 16.1. The van der Waals surface area contributed by atoms with Gasteiger partial charge in [-0.1, -0.05) is 37.3 Å². The van der Waals surface area contributed by atoms with E-state index >= 15 is 4.39 Å². The lowest BCUT2D eigenvalue weighted by atomic mass is 10.0. The van der Waals surface area contributed by atoms with Gasteiger partial charge in [-0.2, -0.15) is 13.2 Å². The number of anilines is 1. The Balaban J connectivity index is 1.52. The van der Waals surface area contributed by atoms with Gasteiger partial charge in [-0.25, -0.2) is 14.4 Å². The van der Waals surface area contributed by atoms with E-state index in [9.17, 15) is 18.0 Å². The maximum Gasteiger partial charge on any atom is 0.416 e. The highest BCUT2D eigenvalue weighted by Crippen LogP contribution is 2.38. The third kappa shape index (κ3) is 5.11. The number of aromatic nitrogens is 2. The van der Waals surface area contributed by atoms with Gasteiger partial charge in [0.05, 0.1) is 17.3 Å². The maximum absolute atomic E-state index is 15.4. The molecule has 1 aromatic heterocycles. The second-order valence-corrected chi connectivity index (χ2v) is 8.41. The summed E-state index contributed by atoms with van der Waals surface area (Å²) >= 11 is 0. The predicted octanol–water partition coefficient (Wildman–Crippen LogP) is 6.35. The molecule has 0 aliphatic carbocycles. The number of carbonyl (C=O) groups excluding carboxylic acids is 1. The average Bonchev–Trinajstić information content (AvgIpc) is 3.32. The van der Waals surface area contributed by atoms with Crippen LogP contribution < -0.4 is 4.90 Å². The first-order chi connectivity index (χ1) is 16.3. The minimum absolute atomic E-state index is 0.0562. The Morgan fingerprint density at radius 2 is 1.85 bits per heavy atom. The average molecular weight is 471 g/mol. The molecule has 1 unspecified atom stereocenters. The lowest BCUT2D eigenvalue weighted by Crippen LogP contribution is -2.25. The van der Waals surface area contributed by atoms with E-state index < -0.39 is 17.6 Å². The number of aryl methyl sites for hydroxylation is 2. The molecule has 1 atom stereocenters. The Bertz CT molecular complexity index is 1160. The smallest absolute Gasteiger partial charge is 0.347 e. The summed E-state index contributed by atoms with van der Waals surface area (Å²) in [5, 5.41) is 0. The first kappa shape index (κ1) is 23.9. The molecule has 0 N–H and O–H groups in total. The van der Waals surface area contributed by atoms with Gasteiger partial charge in [-0.3, -0.25) is 4.79 Å². The molecule has 178 valence electrons. The molecule has 0 bridgehead atoms. The summed E-state index contributed by atoms with van der Waals surface area (Å²) < 4.78 is 54.2. The molecule has 0 amide bonds. The van der Waals surface area contributed by atoms with Crippen molar-refractivity contribution in [2.45, 2.75) is 51.2 Å². The molecular formula is C26H25F4N3O. The monoisotopic (exact) mass is 471 g/mol. The van der Waals surface area contributed by atoms with Crippen LogP contribution in [0.3, 0.4) is 0 Å². The Morgan fingerprint density at radius 1 is 1.09 bits per heavy atom. The van der Waals surface area contributed by atoms with E-state index in [1.54, 1.807) is 6.07 Å². The van der Waals surface area contributed by atoms with Gasteiger partial charge in [0.2, 0.25) is 0 Å². The molecule has 1 aliphatic rings. The van der Waals surface area contributed by atoms with Crippen molar-refractivity contribution in [3.05, 3.63) is 88.6 Å². The summed E-state index contributed by atoms with van der Waals surface area (Å²) in [5.41, 5.74) is 1.82.